The third-order valence-corrected chi connectivity index (χ3v) is 5.45. The Morgan fingerprint density at radius 1 is 0.722 bits per heavy atom. The minimum atomic E-state index is -1.10. The Bertz CT molecular complexity index is 1120. The maximum absolute atomic E-state index is 13.8. The highest BCUT2D eigenvalue weighted by Crippen LogP contribution is 2.18. The summed E-state index contributed by atoms with van der Waals surface area (Å²) in [5.41, 5.74) is 1.76. The van der Waals surface area contributed by atoms with Crippen molar-refractivity contribution in [3.63, 3.8) is 0 Å². The average molecular weight is 488 g/mol. The van der Waals surface area contributed by atoms with Crippen LogP contribution in [0, 0.1) is 5.92 Å². The van der Waals surface area contributed by atoms with Gasteiger partial charge in [-0.1, -0.05) is 91.0 Å². The maximum Gasteiger partial charge on any atom is 0.408 e. The fourth-order valence-electron chi connectivity index (χ4n) is 3.74. The van der Waals surface area contributed by atoms with Gasteiger partial charge in [-0.05, 0) is 50.3 Å². The normalized spacial score (nSPS) is 12.8. The van der Waals surface area contributed by atoms with Crippen molar-refractivity contribution < 1.29 is 23.9 Å². The summed E-state index contributed by atoms with van der Waals surface area (Å²) in [6, 6.07) is 27.0. The molecule has 188 valence electrons. The van der Waals surface area contributed by atoms with Crippen molar-refractivity contribution >= 4 is 17.8 Å². The molecule has 0 heterocycles. The molecular weight excluding hydrogens is 454 g/mol. The molecule has 0 radical (unpaired) electrons. The van der Waals surface area contributed by atoms with E-state index in [0.717, 1.165) is 16.7 Å². The highest BCUT2D eigenvalue weighted by atomic mass is 16.6. The Hall–Kier alpha value is -3.93. The van der Waals surface area contributed by atoms with Crippen molar-refractivity contribution in [2.45, 2.75) is 51.9 Å². The fourth-order valence-corrected chi connectivity index (χ4v) is 3.74. The molecular formula is C30H33NO5. The molecule has 0 aliphatic heterocycles. The van der Waals surface area contributed by atoms with Gasteiger partial charge in [0.1, 0.15) is 18.1 Å². The Balaban J connectivity index is 1.85. The van der Waals surface area contributed by atoms with Crippen LogP contribution in [-0.4, -0.2) is 29.5 Å². The Kier molecular flexibility index (Phi) is 9.39. The van der Waals surface area contributed by atoms with Gasteiger partial charge in [0.25, 0.3) is 0 Å². The van der Waals surface area contributed by atoms with Crippen molar-refractivity contribution in [2.24, 2.45) is 5.92 Å². The first-order valence-electron chi connectivity index (χ1n) is 12.0. The summed E-state index contributed by atoms with van der Waals surface area (Å²) in [4.78, 5) is 39.7. The van der Waals surface area contributed by atoms with Gasteiger partial charge in [-0.15, -0.1) is 0 Å². The van der Waals surface area contributed by atoms with Crippen LogP contribution in [0.25, 0.3) is 0 Å². The first kappa shape index (κ1) is 26.7. The van der Waals surface area contributed by atoms with E-state index in [2.05, 4.69) is 5.32 Å². The molecule has 0 aliphatic carbocycles. The van der Waals surface area contributed by atoms with Gasteiger partial charge in [0, 0.05) is 0 Å². The Morgan fingerprint density at radius 2 is 1.19 bits per heavy atom. The number of nitrogens with one attached hydrogen (secondary N) is 1. The molecule has 1 N–H and O–H groups in total. The van der Waals surface area contributed by atoms with E-state index in [0.29, 0.717) is 0 Å². The second kappa shape index (κ2) is 12.7. The van der Waals surface area contributed by atoms with E-state index in [4.69, 9.17) is 9.47 Å². The number of esters is 1. The molecule has 0 bridgehead atoms. The van der Waals surface area contributed by atoms with Crippen LogP contribution in [0.3, 0.4) is 0 Å². The topological polar surface area (TPSA) is 81.7 Å². The number of hydrogen-bond acceptors (Lipinski definition) is 5. The smallest absolute Gasteiger partial charge is 0.408 e. The van der Waals surface area contributed by atoms with Gasteiger partial charge in [-0.3, -0.25) is 9.59 Å². The highest BCUT2D eigenvalue weighted by Gasteiger charge is 2.35. The SMILES string of the molecule is CC(C)(C)OC(=O)N[C@@H](Cc1ccccc1)C(=O)C(Cc1ccccc1)C(=O)OCc1ccccc1. The van der Waals surface area contributed by atoms with Gasteiger partial charge < -0.3 is 14.8 Å². The number of amides is 1. The van der Waals surface area contributed by atoms with E-state index >= 15 is 0 Å². The van der Waals surface area contributed by atoms with Crippen molar-refractivity contribution in [3.8, 4) is 0 Å². The summed E-state index contributed by atoms with van der Waals surface area (Å²) in [5.74, 6) is -2.15. The van der Waals surface area contributed by atoms with Crippen LogP contribution >= 0.6 is 0 Å². The van der Waals surface area contributed by atoms with E-state index in [1.54, 1.807) is 20.8 Å². The van der Waals surface area contributed by atoms with Gasteiger partial charge >= 0.3 is 12.1 Å². The first-order valence-corrected chi connectivity index (χ1v) is 12.0. The second-order valence-corrected chi connectivity index (χ2v) is 9.63. The van der Waals surface area contributed by atoms with Crippen LogP contribution in [0.1, 0.15) is 37.5 Å². The minimum Gasteiger partial charge on any atom is -0.460 e. The molecule has 3 aromatic carbocycles. The molecule has 0 aromatic heterocycles. The molecule has 3 rings (SSSR count). The zero-order chi connectivity index (χ0) is 26.0. The number of ether oxygens (including phenoxy) is 2. The standard InChI is InChI=1S/C30H33NO5/c1-30(2,3)36-29(34)31-26(20-23-15-9-5-10-16-23)27(32)25(19-22-13-7-4-8-14-22)28(33)35-21-24-17-11-6-12-18-24/h4-18,25-26H,19-21H2,1-3H3,(H,31,34)/t25?,26-/m0/s1. The summed E-state index contributed by atoms with van der Waals surface area (Å²) in [5, 5.41) is 2.70. The van der Waals surface area contributed by atoms with Gasteiger partial charge in [0.05, 0.1) is 6.04 Å². The lowest BCUT2D eigenvalue weighted by Gasteiger charge is -2.25. The van der Waals surface area contributed by atoms with E-state index in [9.17, 15) is 14.4 Å². The lowest BCUT2D eigenvalue weighted by molar-refractivity contribution is -0.153. The van der Waals surface area contributed by atoms with Crippen LogP contribution in [0.2, 0.25) is 0 Å². The number of carbonyl (C=O) groups excluding carboxylic acids is 3. The number of benzene rings is 3. The van der Waals surface area contributed by atoms with E-state index in [1.807, 2.05) is 91.0 Å². The van der Waals surface area contributed by atoms with Crippen molar-refractivity contribution in [1.29, 1.82) is 0 Å². The van der Waals surface area contributed by atoms with Crippen molar-refractivity contribution in [3.05, 3.63) is 108 Å². The molecule has 0 saturated heterocycles. The molecule has 2 atom stereocenters. The van der Waals surface area contributed by atoms with Crippen molar-refractivity contribution in [1.82, 2.24) is 5.32 Å². The average Bonchev–Trinajstić information content (AvgIpc) is 2.86. The predicted molar refractivity (Wildman–Crippen MR) is 138 cm³/mol. The summed E-state index contributed by atoms with van der Waals surface area (Å²) in [6.07, 6.45) is -0.335. The fraction of sp³-hybridized carbons (Fsp3) is 0.300. The van der Waals surface area contributed by atoms with E-state index < -0.39 is 35.4 Å². The monoisotopic (exact) mass is 487 g/mol. The summed E-state index contributed by atoms with van der Waals surface area (Å²) in [6.45, 7) is 5.31. The molecule has 6 heteroatoms. The number of alkyl carbamates (subject to hydrolysis) is 1. The molecule has 6 nitrogen and oxygen atoms in total. The number of hydrogen-bond donors (Lipinski definition) is 1. The van der Waals surface area contributed by atoms with Crippen LogP contribution in [0.5, 0.6) is 0 Å². The van der Waals surface area contributed by atoms with Gasteiger partial charge in [0.15, 0.2) is 5.78 Å². The quantitative estimate of drug-likeness (QED) is 0.310. The maximum atomic E-state index is 13.8. The Morgan fingerprint density at radius 3 is 1.69 bits per heavy atom. The Labute approximate surface area is 212 Å². The van der Waals surface area contributed by atoms with Crippen LogP contribution in [-0.2, 0) is 38.5 Å². The molecule has 0 saturated carbocycles. The highest BCUT2D eigenvalue weighted by molar-refractivity contribution is 6.03. The molecule has 1 amide bonds. The molecule has 1 unspecified atom stereocenters. The van der Waals surface area contributed by atoms with Crippen molar-refractivity contribution in [2.75, 3.05) is 0 Å². The number of Topliss-reactive ketones (excluding diaryl/α,β-unsaturated/α-hetero) is 1. The summed E-state index contributed by atoms with van der Waals surface area (Å²) >= 11 is 0. The van der Waals surface area contributed by atoms with E-state index in [1.165, 1.54) is 0 Å². The second-order valence-electron chi connectivity index (χ2n) is 9.63. The largest absolute Gasteiger partial charge is 0.460 e. The third kappa shape index (κ3) is 8.69. The lowest BCUT2D eigenvalue weighted by atomic mass is 9.88. The van der Waals surface area contributed by atoms with Gasteiger partial charge in [0.2, 0.25) is 0 Å². The molecule has 0 aliphatic rings. The number of ketones is 1. The molecule has 0 fully saturated rings. The zero-order valence-electron chi connectivity index (χ0n) is 21.0. The minimum absolute atomic E-state index is 0.0566. The summed E-state index contributed by atoms with van der Waals surface area (Å²) in [7, 11) is 0. The van der Waals surface area contributed by atoms with E-state index in [-0.39, 0.29) is 19.4 Å². The lowest BCUT2D eigenvalue weighted by Crippen LogP contribution is -2.48. The van der Waals surface area contributed by atoms with Crippen LogP contribution in [0.4, 0.5) is 4.79 Å². The number of rotatable bonds is 10. The first-order chi connectivity index (χ1) is 17.2. The van der Waals surface area contributed by atoms with Crippen LogP contribution < -0.4 is 5.32 Å². The predicted octanol–water partition coefficient (Wildman–Crippen LogP) is 5.29. The zero-order valence-corrected chi connectivity index (χ0v) is 21.0. The molecule has 36 heavy (non-hydrogen) atoms. The third-order valence-electron chi connectivity index (χ3n) is 5.45. The molecule has 0 spiro atoms. The van der Waals surface area contributed by atoms with Crippen LogP contribution in [0.15, 0.2) is 91.0 Å². The molecule has 3 aromatic rings. The van der Waals surface area contributed by atoms with Gasteiger partial charge in [-0.25, -0.2) is 4.79 Å². The van der Waals surface area contributed by atoms with Gasteiger partial charge in [-0.2, -0.15) is 0 Å². The summed E-state index contributed by atoms with van der Waals surface area (Å²) < 4.78 is 11.0. The number of carbonyl (C=O) groups is 3.